The van der Waals surface area contributed by atoms with Crippen LogP contribution in [0.1, 0.15) is 17.0 Å². The van der Waals surface area contributed by atoms with Crippen LogP contribution in [-0.2, 0) is 19.5 Å². The molecule has 6 heteroatoms. The van der Waals surface area contributed by atoms with Crippen LogP contribution in [0.25, 0.3) is 0 Å². The van der Waals surface area contributed by atoms with E-state index in [1.165, 1.54) is 0 Å². The second kappa shape index (κ2) is 6.04. The van der Waals surface area contributed by atoms with Crippen molar-refractivity contribution in [2.75, 3.05) is 0 Å². The quantitative estimate of drug-likeness (QED) is 0.783. The summed E-state index contributed by atoms with van der Waals surface area (Å²) in [5.41, 5.74) is 2.38. The maximum atomic E-state index is 6.17. The third kappa shape index (κ3) is 2.99. The molecular formula is C13H13Cl3N2O. The number of rotatable bonds is 4. The minimum Gasteiger partial charge on any atom is -0.487 e. The van der Waals surface area contributed by atoms with Gasteiger partial charge in [0, 0.05) is 17.6 Å². The van der Waals surface area contributed by atoms with Gasteiger partial charge >= 0.3 is 0 Å². The van der Waals surface area contributed by atoms with Gasteiger partial charge in [0.05, 0.1) is 22.3 Å². The predicted molar refractivity (Wildman–Crippen MR) is 78.3 cm³/mol. The first kappa shape index (κ1) is 14.5. The smallest absolute Gasteiger partial charge is 0.131 e. The van der Waals surface area contributed by atoms with Crippen molar-refractivity contribution in [1.29, 1.82) is 0 Å². The van der Waals surface area contributed by atoms with Crippen LogP contribution in [0.2, 0.25) is 10.0 Å². The first-order valence-corrected chi connectivity index (χ1v) is 6.97. The zero-order valence-corrected chi connectivity index (χ0v) is 12.9. The minimum atomic E-state index is 0.299. The van der Waals surface area contributed by atoms with E-state index in [-0.39, 0.29) is 0 Å². The van der Waals surface area contributed by atoms with Crippen LogP contribution >= 0.6 is 34.8 Å². The van der Waals surface area contributed by atoms with Gasteiger partial charge in [-0.15, -0.1) is 11.6 Å². The van der Waals surface area contributed by atoms with Gasteiger partial charge in [0.15, 0.2) is 0 Å². The third-order valence-electron chi connectivity index (χ3n) is 2.84. The molecule has 0 saturated heterocycles. The first-order chi connectivity index (χ1) is 9.04. The molecule has 0 aliphatic carbocycles. The molecule has 102 valence electrons. The van der Waals surface area contributed by atoms with Gasteiger partial charge in [-0.3, -0.25) is 4.68 Å². The fraction of sp³-hybridized carbons (Fsp3) is 0.308. The Labute approximate surface area is 127 Å². The molecule has 1 heterocycles. The van der Waals surface area contributed by atoms with Crippen molar-refractivity contribution in [3.8, 4) is 5.75 Å². The van der Waals surface area contributed by atoms with E-state index in [0.29, 0.717) is 28.3 Å². The predicted octanol–water partition coefficient (Wildman–Crippen LogP) is 4.35. The molecule has 1 aromatic heterocycles. The molecule has 0 amide bonds. The molecular weight excluding hydrogens is 307 g/mol. The van der Waals surface area contributed by atoms with Crippen LogP contribution in [0.5, 0.6) is 5.75 Å². The fourth-order valence-corrected chi connectivity index (χ4v) is 2.58. The van der Waals surface area contributed by atoms with E-state index in [4.69, 9.17) is 39.5 Å². The lowest BCUT2D eigenvalue weighted by Gasteiger charge is -2.11. The molecule has 0 N–H and O–H groups in total. The topological polar surface area (TPSA) is 27.1 Å². The van der Waals surface area contributed by atoms with Gasteiger partial charge < -0.3 is 4.74 Å². The highest BCUT2D eigenvalue weighted by Crippen LogP contribution is 2.29. The average molecular weight is 320 g/mol. The molecule has 0 bridgehead atoms. The van der Waals surface area contributed by atoms with Crippen molar-refractivity contribution >= 4 is 34.8 Å². The Hall–Kier alpha value is -0.900. The normalized spacial score (nSPS) is 10.8. The molecule has 0 aliphatic heterocycles. The van der Waals surface area contributed by atoms with Gasteiger partial charge in [-0.25, -0.2) is 0 Å². The number of aryl methyl sites for hydroxylation is 2. The van der Waals surface area contributed by atoms with Gasteiger partial charge in [-0.2, -0.15) is 5.10 Å². The fourth-order valence-electron chi connectivity index (χ4n) is 1.79. The number of alkyl halides is 1. The van der Waals surface area contributed by atoms with Crippen LogP contribution in [-0.4, -0.2) is 9.78 Å². The van der Waals surface area contributed by atoms with Crippen molar-refractivity contribution in [1.82, 2.24) is 9.78 Å². The molecule has 0 unspecified atom stereocenters. The number of halogens is 3. The third-order valence-corrected chi connectivity index (χ3v) is 3.95. The highest BCUT2D eigenvalue weighted by molar-refractivity contribution is 6.32. The van der Waals surface area contributed by atoms with Gasteiger partial charge in [0.25, 0.3) is 0 Å². The van der Waals surface area contributed by atoms with E-state index in [0.717, 1.165) is 17.0 Å². The minimum absolute atomic E-state index is 0.299. The first-order valence-electron chi connectivity index (χ1n) is 5.68. The molecule has 1 aromatic carbocycles. The number of hydrogen-bond acceptors (Lipinski definition) is 2. The summed E-state index contributed by atoms with van der Waals surface area (Å²) in [5, 5.41) is 5.45. The van der Waals surface area contributed by atoms with E-state index in [1.54, 1.807) is 10.7 Å². The second-order valence-corrected chi connectivity index (χ2v) is 5.16. The number of benzene rings is 1. The lowest BCUT2D eigenvalue weighted by molar-refractivity contribution is 0.293. The summed E-state index contributed by atoms with van der Waals surface area (Å²) < 4.78 is 7.47. The molecule has 0 radical (unpaired) electrons. The molecule has 0 atom stereocenters. The lowest BCUT2D eigenvalue weighted by atomic mass is 10.2. The summed E-state index contributed by atoms with van der Waals surface area (Å²) in [4.78, 5) is 0. The van der Waals surface area contributed by atoms with Gasteiger partial charge in [-0.05, 0) is 19.1 Å². The second-order valence-electron chi connectivity index (χ2n) is 4.11. The number of ether oxygens (including phenoxy) is 1. The Balaban J connectivity index is 2.21. The molecule has 19 heavy (non-hydrogen) atoms. The van der Waals surface area contributed by atoms with Gasteiger partial charge in [-0.1, -0.05) is 29.3 Å². The summed E-state index contributed by atoms with van der Waals surface area (Å²) in [6.07, 6.45) is 0. The van der Waals surface area contributed by atoms with Crippen molar-refractivity contribution in [3.63, 3.8) is 0 Å². The van der Waals surface area contributed by atoms with Crippen molar-refractivity contribution < 1.29 is 4.74 Å². The molecule has 2 rings (SSSR count). The van der Waals surface area contributed by atoms with Crippen LogP contribution in [0, 0.1) is 6.92 Å². The van der Waals surface area contributed by atoms with E-state index in [1.807, 2.05) is 26.1 Å². The van der Waals surface area contributed by atoms with Crippen LogP contribution in [0.3, 0.4) is 0 Å². The SMILES string of the molecule is Cc1nn(C)c(COc2cccc(Cl)c2CCl)c1Cl. The van der Waals surface area contributed by atoms with Crippen LogP contribution in [0.15, 0.2) is 18.2 Å². The maximum Gasteiger partial charge on any atom is 0.131 e. The Bertz CT molecular complexity index is 596. The highest BCUT2D eigenvalue weighted by atomic mass is 35.5. The number of aromatic nitrogens is 2. The summed E-state index contributed by atoms with van der Waals surface area (Å²) >= 11 is 18.1. The van der Waals surface area contributed by atoms with Gasteiger partial charge in [0.2, 0.25) is 0 Å². The van der Waals surface area contributed by atoms with Crippen molar-refractivity contribution in [3.05, 3.63) is 45.2 Å². The standard InChI is InChI=1S/C13H13Cl3N2O/c1-8-13(16)11(18(2)17-8)7-19-12-5-3-4-10(15)9(12)6-14/h3-5H,6-7H2,1-2H3. The zero-order chi connectivity index (χ0) is 14.0. The Kier molecular flexibility index (Phi) is 4.61. The largest absolute Gasteiger partial charge is 0.487 e. The summed E-state index contributed by atoms with van der Waals surface area (Å²) in [6, 6.07) is 5.44. The van der Waals surface area contributed by atoms with Crippen molar-refractivity contribution in [2.24, 2.45) is 7.05 Å². The summed E-state index contributed by atoms with van der Waals surface area (Å²) in [6.45, 7) is 2.18. The lowest BCUT2D eigenvalue weighted by Crippen LogP contribution is -2.04. The van der Waals surface area contributed by atoms with E-state index < -0.39 is 0 Å². The molecule has 3 nitrogen and oxygen atoms in total. The molecule has 2 aromatic rings. The average Bonchev–Trinajstić information content (AvgIpc) is 2.61. The molecule has 0 spiro atoms. The molecule has 0 saturated carbocycles. The van der Waals surface area contributed by atoms with Crippen molar-refractivity contribution in [2.45, 2.75) is 19.4 Å². The van der Waals surface area contributed by atoms with E-state index >= 15 is 0 Å². The monoisotopic (exact) mass is 318 g/mol. The number of hydrogen-bond donors (Lipinski definition) is 0. The Morgan fingerprint density at radius 3 is 2.63 bits per heavy atom. The van der Waals surface area contributed by atoms with E-state index in [2.05, 4.69) is 5.10 Å². The van der Waals surface area contributed by atoms with E-state index in [9.17, 15) is 0 Å². The van der Waals surface area contributed by atoms with Crippen LogP contribution in [0.4, 0.5) is 0 Å². The number of nitrogens with zero attached hydrogens (tertiary/aromatic N) is 2. The highest BCUT2D eigenvalue weighted by Gasteiger charge is 2.13. The van der Waals surface area contributed by atoms with Gasteiger partial charge in [0.1, 0.15) is 12.4 Å². The van der Waals surface area contributed by atoms with Crippen LogP contribution < -0.4 is 4.74 Å². The zero-order valence-electron chi connectivity index (χ0n) is 10.6. The summed E-state index contributed by atoms with van der Waals surface area (Å²) in [5.74, 6) is 0.963. The molecule has 0 aliphatic rings. The Morgan fingerprint density at radius 2 is 2.05 bits per heavy atom. The summed E-state index contributed by atoms with van der Waals surface area (Å²) in [7, 11) is 1.83. The molecule has 0 fully saturated rings. The Morgan fingerprint density at radius 1 is 1.32 bits per heavy atom. The maximum absolute atomic E-state index is 6.17.